The van der Waals surface area contributed by atoms with Crippen LogP contribution in [0.2, 0.25) is 0 Å². The Morgan fingerprint density at radius 1 is 1.35 bits per heavy atom. The predicted molar refractivity (Wildman–Crippen MR) is 144 cm³/mol. The van der Waals surface area contributed by atoms with Gasteiger partial charge in [0.05, 0.1) is 18.4 Å². The van der Waals surface area contributed by atoms with Gasteiger partial charge in [-0.2, -0.15) is 0 Å². The maximum Gasteiger partial charge on any atom is 0.331 e. The van der Waals surface area contributed by atoms with E-state index in [2.05, 4.69) is 32.1 Å². The van der Waals surface area contributed by atoms with Gasteiger partial charge < -0.3 is 9.15 Å². The Hall–Kier alpha value is -3.21. The summed E-state index contributed by atoms with van der Waals surface area (Å²) in [6, 6.07) is 1.77. The molecule has 37 heavy (non-hydrogen) atoms. The van der Waals surface area contributed by atoms with Gasteiger partial charge in [-0.15, -0.1) is 0 Å². The maximum atomic E-state index is 12.6. The van der Waals surface area contributed by atoms with E-state index in [-0.39, 0.29) is 35.6 Å². The zero-order chi connectivity index (χ0) is 26.6. The van der Waals surface area contributed by atoms with Crippen molar-refractivity contribution < 1.29 is 23.5 Å². The third-order valence-electron chi connectivity index (χ3n) is 8.78. The second-order valence-electron chi connectivity index (χ2n) is 11.4. The quantitative estimate of drug-likeness (QED) is 0.171. The Morgan fingerprint density at radius 2 is 2.16 bits per heavy atom. The highest BCUT2D eigenvalue weighted by molar-refractivity contribution is 6.01. The van der Waals surface area contributed by atoms with Crippen molar-refractivity contribution in [1.29, 1.82) is 0 Å². The van der Waals surface area contributed by atoms with Crippen LogP contribution >= 0.6 is 0 Å². The molecule has 0 amide bonds. The highest BCUT2D eigenvalue weighted by atomic mass is 16.5. The summed E-state index contributed by atoms with van der Waals surface area (Å²) in [7, 11) is 0. The zero-order valence-electron chi connectivity index (χ0n) is 22.3. The largest absolute Gasteiger partial charge is 0.472 e. The minimum atomic E-state index is -0.389. The number of allylic oxidation sites excluding steroid dienone is 7. The summed E-state index contributed by atoms with van der Waals surface area (Å²) in [5.74, 6) is 0.929. The molecule has 5 nitrogen and oxygen atoms in total. The fourth-order valence-electron chi connectivity index (χ4n) is 6.67. The van der Waals surface area contributed by atoms with E-state index in [1.165, 1.54) is 6.08 Å². The van der Waals surface area contributed by atoms with E-state index in [0.717, 1.165) is 48.7 Å². The molecule has 0 bridgehead atoms. The summed E-state index contributed by atoms with van der Waals surface area (Å²) in [5, 5.41) is 0. The fraction of sp³-hybridized carbons (Fsp3) is 0.469. The first-order chi connectivity index (χ1) is 17.7. The van der Waals surface area contributed by atoms with Crippen LogP contribution in [0.15, 0.2) is 76.2 Å². The summed E-state index contributed by atoms with van der Waals surface area (Å²) < 4.78 is 10.3. The molecule has 0 unspecified atom stereocenters. The summed E-state index contributed by atoms with van der Waals surface area (Å²) >= 11 is 0. The topological polar surface area (TPSA) is 73.6 Å². The summed E-state index contributed by atoms with van der Waals surface area (Å²) in [4.78, 5) is 36.5. The first kappa shape index (κ1) is 26.8. The normalized spacial score (nSPS) is 32.3. The van der Waals surface area contributed by atoms with Gasteiger partial charge in [0.2, 0.25) is 0 Å². The molecule has 3 aliphatic carbocycles. The fourth-order valence-corrected chi connectivity index (χ4v) is 6.67. The number of hydrogen-bond acceptors (Lipinski definition) is 5. The van der Waals surface area contributed by atoms with Crippen LogP contribution in [-0.2, 0) is 19.1 Å². The third kappa shape index (κ3) is 6.03. The smallest absolute Gasteiger partial charge is 0.331 e. The predicted octanol–water partition coefficient (Wildman–Crippen LogP) is 6.69. The van der Waals surface area contributed by atoms with Crippen LogP contribution in [-0.4, -0.2) is 24.6 Å². The van der Waals surface area contributed by atoms with E-state index in [1.807, 2.05) is 19.9 Å². The standard InChI is InChI=1S/C32H38O5/c1-21(19-37-30(35)11-8-24-13-15-36-20-24)6-5-7-22(2)26-12-14-32(4)17-27-23(3)16-29(34)31(27)25(18-33)9-10-28(26)32/h5-9,11,13,15-16,18,20,22,26-28,31H,10,12,14,17,19H2,1-4H3/b7-5-,11-8+,21-6-,25-9-/t22-,26+,27+,28-,31-,32+/m0/s1. The molecule has 0 aromatic carbocycles. The molecule has 0 radical (unpaired) electrons. The summed E-state index contributed by atoms with van der Waals surface area (Å²) in [6.45, 7) is 8.90. The number of carbonyl (C=O) groups excluding carboxylic acids is 3. The molecule has 1 fully saturated rings. The second-order valence-corrected chi connectivity index (χ2v) is 11.4. The molecule has 0 saturated heterocycles. The molecule has 1 aromatic heterocycles. The van der Waals surface area contributed by atoms with Crippen molar-refractivity contribution in [3.8, 4) is 0 Å². The Kier molecular flexibility index (Phi) is 8.31. The van der Waals surface area contributed by atoms with E-state index < -0.39 is 0 Å². The zero-order valence-corrected chi connectivity index (χ0v) is 22.3. The Morgan fingerprint density at radius 3 is 2.89 bits per heavy atom. The van der Waals surface area contributed by atoms with Gasteiger partial charge in [-0.1, -0.05) is 43.7 Å². The highest BCUT2D eigenvalue weighted by Crippen LogP contribution is 2.58. The monoisotopic (exact) mass is 502 g/mol. The van der Waals surface area contributed by atoms with Gasteiger partial charge >= 0.3 is 5.97 Å². The van der Waals surface area contributed by atoms with E-state index in [0.29, 0.717) is 23.3 Å². The number of furan rings is 1. The Bertz CT molecular complexity index is 1160. The molecule has 196 valence electrons. The van der Waals surface area contributed by atoms with Gasteiger partial charge in [-0.3, -0.25) is 9.59 Å². The third-order valence-corrected chi connectivity index (χ3v) is 8.78. The van der Waals surface area contributed by atoms with Crippen molar-refractivity contribution in [1.82, 2.24) is 0 Å². The van der Waals surface area contributed by atoms with Gasteiger partial charge in [0.1, 0.15) is 12.9 Å². The van der Waals surface area contributed by atoms with Crippen LogP contribution in [0.3, 0.4) is 0 Å². The number of ether oxygens (including phenoxy) is 1. The molecule has 1 saturated carbocycles. The summed E-state index contributed by atoms with van der Waals surface area (Å²) in [5.41, 5.74) is 3.73. The SMILES string of the molecule is CC1=CC(=O)[C@H]2/C(C=O)=C\C[C@H]3[C@@H]([C@@H](C)/C=C\C=C(\C)COC(=O)/C=C/c4ccoc4)CC[C@]3(C)C[C@H]12. The Balaban J connectivity index is 1.37. The van der Waals surface area contributed by atoms with E-state index in [4.69, 9.17) is 9.15 Å². The first-order valence-electron chi connectivity index (χ1n) is 13.3. The average Bonchev–Trinajstić information content (AvgIpc) is 3.55. The molecule has 6 atom stereocenters. The van der Waals surface area contributed by atoms with Crippen molar-refractivity contribution in [2.75, 3.05) is 6.61 Å². The van der Waals surface area contributed by atoms with Crippen molar-refractivity contribution >= 4 is 24.1 Å². The summed E-state index contributed by atoms with van der Waals surface area (Å²) in [6.07, 6.45) is 21.3. The van der Waals surface area contributed by atoms with E-state index >= 15 is 0 Å². The van der Waals surface area contributed by atoms with Gasteiger partial charge in [0.15, 0.2) is 5.78 Å². The lowest BCUT2D eigenvalue weighted by molar-refractivity contribution is -0.136. The molecule has 0 N–H and O–H groups in total. The van der Waals surface area contributed by atoms with Crippen molar-refractivity contribution in [2.45, 2.75) is 53.4 Å². The minimum absolute atomic E-state index is 0.0931. The van der Waals surface area contributed by atoms with Crippen LogP contribution in [0.5, 0.6) is 0 Å². The van der Waals surface area contributed by atoms with Crippen molar-refractivity contribution in [3.05, 3.63) is 77.3 Å². The van der Waals surface area contributed by atoms with Crippen molar-refractivity contribution in [2.24, 2.45) is 35.0 Å². The van der Waals surface area contributed by atoms with Gasteiger partial charge in [0, 0.05) is 11.6 Å². The number of ketones is 1. The number of aldehydes is 1. The lowest BCUT2D eigenvalue weighted by Crippen LogP contribution is -2.34. The average molecular weight is 503 g/mol. The molecule has 1 aromatic rings. The highest BCUT2D eigenvalue weighted by Gasteiger charge is 2.50. The minimum Gasteiger partial charge on any atom is -0.472 e. The molecule has 5 heteroatoms. The Labute approximate surface area is 220 Å². The van der Waals surface area contributed by atoms with E-state index in [1.54, 1.807) is 30.7 Å². The number of hydrogen-bond donors (Lipinski definition) is 0. The molecule has 4 rings (SSSR count). The number of carbonyl (C=O) groups is 3. The first-order valence-corrected chi connectivity index (χ1v) is 13.3. The number of fused-ring (bicyclic) bond motifs is 2. The lowest BCUT2D eigenvalue weighted by Gasteiger charge is -2.40. The number of rotatable bonds is 8. The second kappa shape index (κ2) is 11.5. The van der Waals surface area contributed by atoms with Crippen LogP contribution in [0.25, 0.3) is 6.08 Å². The van der Waals surface area contributed by atoms with Crippen LogP contribution in [0.4, 0.5) is 0 Å². The molecular formula is C32H38O5. The molecule has 0 aliphatic heterocycles. The van der Waals surface area contributed by atoms with E-state index in [9.17, 15) is 14.4 Å². The molecule has 1 heterocycles. The van der Waals surface area contributed by atoms with Gasteiger partial charge in [0.25, 0.3) is 0 Å². The molecular weight excluding hydrogens is 464 g/mol. The van der Waals surface area contributed by atoms with Crippen LogP contribution in [0.1, 0.15) is 58.9 Å². The molecule has 3 aliphatic rings. The van der Waals surface area contributed by atoms with Gasteiger partial charge in [-0.05, 0) is 98.0 Å². The number of esters is 1. The lowest BCUT2D eigenvalue weighted by atomic mass is 9.63. The van der Waals surface area contributed by atoms with Crippen LogP contribution in [0, 0.1) is 35.0 Å². The maximum absolute atomic E-state index is 12.6. The van der Waals surface area contributed by atoms with Crippen molar-refractivity contribution in [3.63, 3.8) is 0 Å². The molecule has 0 spiro atoms. The van der Waals surface area contributed by atoms with Crippen LogP contribution < -0.4 is 0 Å². The van der Waals surface area contributed by atoms with Gasteiger partial charge in [-0.25, -0.2) is 4.79 Å².